The fourth-order valence-corrected chi connectivity index (χ4v) is 3.06. The molecular weight excluding hydrogens is 336 g/mol. The molecule has 0 aliphatic rings. The minimum absolute atomic E-state index is 0.276. The van der Waals surface area contributed by atoms with Gasteiger partial charge in [0, 0.05) is 29.4 Å². The van der Waals surface area contributed by atoms with Gasteiger partial charge in [-0.1, -0.05) is 23.7 Å². The minimum atomic E-state index is -0.571. The first-order chi connectivity index (χ1) is 12.0. The Kier molecular flexibility index (Phi) is 4.86. The van der Waals surface area contributed by atoms with Crippen LogP contribution in [0.1, 0.15) is 24.2 Å². The van der Waals surface area contributed by atoms with E-state index in [1.54, 1.807) is 12.3 Å². The van der Waals surface area contributed by atoms with E-state index in [4.69, 9.17) is 17.3 Å². The molecule has 3 aromatic rings. The van der Waals surface area contributed by atoms with E-state index in [-0.39, 0.29) is 5.56 Å². The van der Waals surface area contributed by atoms with Crippen molar-refractivity contribution in [3.63, 3.8) is 0 Å². The molecule has 5 nitrogen and oxygen atoms in total. The molecule has 0 bridgehead atoms. The second-order valence-electron chi connectivity index (χ2n) is 5.66. The van der Waals surface area contributed by atoms with Gasteiger partial charge in [0.2, 0.25) is 0 Å². The quantitative estimate of drug-likeness (QED) is 0.754. The number of benzene rings is 2. The molecular formula is C19H19ClN4O. The number of nitrogens with two attached hydrogens (primary N) is 1. The van der Waals surface area contributed by atoms with Gasteiger partial charge in [0.1, 0.15) is 5.52 Å². The molecule has 6 heteroatoms. The summed E-state index contributed by atoms with van der Waals surface area (Å²) < 4.78 is 0. The molecule has 0 fully saturated rings. The first kappa shape index (κ1) is 17.2. The number of fused-ring (bicyclic) bond motifs is 1. The van der Waals surface area contributed by atoms with Gasteiger partial charge < -0.3 is 10.6 Å². The number of halogens is 1. The predicted octanol–water partition coefficient (Wildman–Crippen LogP) is 3.90. The fourth-order valence-electron chi connectivity index (χ4n) is 2.85. The Labute approximate surface area is 151 Å². The van der Waals surface area contributed by atoms with Gasteiger partial charge in [0.15, 0.2) is 0 Å². The van der Waals surface area contributed by atoms with E-state index in [1.807, 2.05) is 12.1 Å². The van der Waals surface area contributed by atoms with Crippen LogP contribution in [-0.4, -0.2) is 29.0 Å². The Morgan fingerprint density at radius 2 is 1.84 bits per heavy atom. The summed E-state index contributed by atoms with van der Waals surface area (Å²) in [5.41, 5.74) is 9.52. The van der Waals surface area contributed by atoms with E-state index in [0.717, 1.165) is 24.3 Å². The largest absolute Gasteiger partial charge is 0.372 e. The van der Waals surface area contributed by atoms with Gasteiger partial charge in [0.05, 0.1) is 23.0 Å². The Bertz CT molecular complexity index is 921. The van der Waals surface area contributed by atoms with Crippen LogP contribution in [0.4, 0.5) is 5.69 Å². The molecule has 0 saturated carbocycles. The Balaban J connectivity index is 2.03. The molecule has 25 heavy (non-hydrogen) atoms. The number of nitrogens with zero attached hydrogens (tertiary/aromatic N) is 3. The zero-order valence-corrected chi connectivity index (χ0v) is 14.9. The van der Waals surface area contributed by atoms with Crippen LogP contribution >= 0.6 is 11.6 Å². The number of hydrogen-bond donors (Lipinski definition) is 1. The Morgan fingerprint density at radius 1 is 1.16 bits per heavy atom. The van der Waals surface area contributed by atoms with Crippen molar-refractivity contribution in [2.45, 2.75) is 13.8 Å². The SMILES string of the molecule is CCN(CC)c1ccc(-c2cnc3c(C(N)=O)cc(Cl)cc3n2)cc1. The highest BCUT2D eigenvalue weighted by Gasteiger charge is 2.12. The highest BCUT2D eigenvalue weighted by Crippen LogP contribution is 2.26. The summed E-state index contributed by atoms with van der Waals surface area (Å²) in [7, 11) is 0. The molecule has 1 aromatic heterocycles. The summed E-state index contributed by atoms with van der Waals surface area (Å²) in [4.78, 5) is 22.8. The highest BCUT2D eigenvalue weighted by molar-refractivity contribution is 6.32. The van der Waals surface area contributed by atoms with Crippen LogP contribution < -0.4 is 10.6 Å². The van der Waals surface area contributed by atoms with Crippen LogP contribution in [0.15, 0.2) is 42.6 Å². The summed E-state index contributed by atoms with van der Waals surface area (Å²) in [6.07, 6.45) is 1.65. The molecule has 2 N–H and O–H groups in total. The van der Waals surface area contributed by atoms with Gasteiger partial charge in [-0.05, 0) is 38.1 Å². The summed E-state index contributed by atoms with van der Waals surface area (Å²) in [5.74, 6) is -0.571. The first-order valence-electron chi connectivity index (χ1n) is 8.15. The average molecular weight is 355 g/mol. The molecule has 0 aliphatic carbocycles. The molecule has 0 saturated heterocycles. The Morgan fingerprint density at radius 3 is 2.44 bits per heavy atom. The molecule has 0 radical (unpaired) electrons. The van der Waals surface area contributed by atoms with Gasteiger partial charge in [-0.2, -0.15) is 0 Å². The van der Waals surface area contributed by atoms with Gasteiger partial charge in [-0.15, -0.1) is 0 Å². The van der Waals surface area contributed by atoms with Crippen LogP contribution in [0.2, 0.25) is 5.02 Å². The molecule has 0 atom stereocenters. The number of anilines is 1. The summed E-state index contributed by atoms with van der Waals surface area (Å²) in [6.45, 7) is 6.18. The van der Waals surface area contributed by atoms with E-state index in [0.29, 0.717) is 16.1 Å². The topological polar surface area (TPSA) is 72.1 Å². The standard InChI is InChI=1S/C19H19ClN4O/c1-3-24(4-2)14-7-5-12(6-8-14)17-11-22-18-15(19(21)25)9-13(20)10-16(18)23-17/h5-11H,3-4H2,1-2H3,(H2,21,25). The lowest BCUT2D eigenvalue weighted by Gasteiger charge is -2.21. The number of rotatable bonds is 5. The van der Waals surface area contributed by atoms with Crippen LogP contribution in [0.5, 0.6) is 0 Å². The van der Waals surface area contributed by atoms with Crippen LogP contribution in [0.25, 0.3) is 22.3 Å². The van der Waals surface area contributed by atoms with Crippen LogP contribution in [-0.2, 0) is 0 Å². The number of carbonyl (C=O) groups is 1. The number of carbonyl (C=O) groups excluding carboxylic acids is 1. The molecule has 1 heterocycles. The molecule has 0 unspecified atom stereocenters. The van der Waals surface area contributed by atoms with Gasteiger partial charge in [-0.3, -0.25) is 9.78 Å². The fraction of sp³-hybridized carbons (Fsp3) is 0.211. The summed E-state index contributed by atoms with van der Waals surface area (Å²) in [5, 5.41) is 0.407. The van der Waals surface area contributed by atoms with Crippen molar-refractivity contribution in [1.29, 1.82) is 0 Å². The van der Waals surface area contributed by atoms with Crippen LogP contribution in [0.3, 0.4) is 0 Å². The number of primary amides is 1. The average Bonchev–Trinajstić information content (AvgIpc) is 2.62. The lowest BCUT2D eigenvalue weighted by molar-refractivity contribution is 0.100. The second-order valence-corrected chi connectivity index (χ2v) is 6.10. The third-order valence-corrected chi connectivity index (χ3v) is 4.39. The van der Waals surface area contributed by atoms with Crippen molar-refractivity contribution in [2.75, 3.05) is 18.0 Å². The minimum Gasteiger partial charge on any atom is -0.372 e. The van der Waals surface area contributed by atoms with Crippen molar-refractivity contribution < 1.29 is 4.79 Å². The van der Waals surface area contributed by atoms with E-state index in [1.165, 1.54) is 11.8 Å². The maximum atomic E-state index is 11.6. The summed E-state index contributed by atoms with van der Waals surface area (Å²) >= 11 is 6.07. The highest BCUT2D eigenvalue weighted by atomic mass is 35.5. The smallest absolute Gasteiger partial charge is 0.251 e. The third-order valence-electron chi connectivity index (χ3n) is 4.17. The van der Waals surface area contributed by atoms with Crippen LogP contribution in [0, 0.1) is 0 Å². The van der Waals surface area contributed by atoms with Crippen molar-refractivity contribution in [1.82, 2.24) is 9.97 Å². The van der Waals surface area contributed by atoms with E-state index < -0.39 is 5.91 Å². The lowest BCUT2D eigenvalue weighted by Crippen LogP contribution is -2.21. The number of aromatic nitrogens is 2. The maximum Gasteiger partial charge on any atom is 0.251 e. The van der Waals surface area contributed by atoms with Crippen molar-refractivity contribution in [3.05, 3.63) is 53.2 Å². The van der Waals surface area contributed by atoms with Crippen molar-refractivity contribution >= 4 is 34.2 Å². The molecule has 1 amide bonds. The van der Waals surface area contributed by atoms with Gasteiger partial charge >= 0.3 is 0 Å². The molecule has 3 rings (SSSR count). The van der Waals surface area contributed by atoms with Gasteiger partial charge in [-0.25, -0.2) is 4.98 Å². The maximum absolute atomic E-state index is 11.6. The second kappa shape index (κ2) is 7.07. The zero-order chi connectivity index (χ0) is 18.0. The third kappa shape index (κ3) is 3.42. The van der Waals surface area contributed by atoms with Crippen molar-refractivity contribution in [3.8, 4) is 11.3 Å². The number of hydrogen-bond acceptors (Lipinski definition) is 4. The van der Waals surface area contributed by atoms with Crippen molar-refractivity contribution in [2.24, 2.45) is 5.73 Å². The zero-order valence-electron chi connectivity index (χ0n) is 14.2. The van der Waals surface area contributed by atoms with E-state index >= 15 is 0 Å². The molecule has 0 spiro atoms. The molecule has 0 aliphatic heterocycles. The molecule has 2 aromatic carbocycles. The number of amides is 1. The lowest BCUT2D eigenvalue weighted by atomic mass is 10.1. The normalized spacial score (nSPS) is 10.8. The monoisotopic (exact) mass is 354 g/mol. The van der Waals surface area contributed by atoms with E-state index in [9.17, 15) is 4.79 Å². The first-order valence-corrected chi connectivity index (χ1v) is 8.52. The summed E-state index contributed by atoms with van der Waals surface area (Å²) in [6, 6.07) is 11.4. The predicted molar refractivity (Wildman–Crippen MR) is 102 cm³/mol. The Hall–Kier alpha value is -2.66. The molecule has 128 valence electrons. The van der Waals surface area contributed by atoms with E-state index in [2.05, 4.69) is 40.8 Å². The van der Waals surface area contributed by atoms with Gasteiger partial charge in [0.25, 0.3) is 5.91 Å².